The lowest BCUT2D eigenvalue weighted by Crippen LogP contribution is -2.37. The summed E-state index contributed by atoms with van der Waals surface area (Å²) in [4.78, 5) is 0. The lowest BCUT2D eigenvalue weighted by atomic mass is 9.90. The fourth-order valence-corrected chi connectivity index (χ4v) is 2.98. The summed E-state index contributed by atoms with van der Waals surface area (Å²) < 4.78 is 6.00. The molecule has 2 fully saturated rings. The van der Waals surface area contributed by atoms with Gasteiger partial charge in [0.25, 0.3) is 0 Å². The van der Waals surface area contributed by atoms with Gasteiger partial charge in [0, 0.05) is 12.6 Å². The fourth-order valence-electron chi connectivity index (χ4n) is 2.98. The molecule has 0 radical (unpaired) electrons. The van der Waals surface area contributed by atoms with Crippen LogP contribution in [0.15, 0.2) is 18.2 Å². The Kier molecular flexibility index (Phi) is 2.30. The Morgan fingerprint density at radius 2 is 2.38 bits per heavy atom. The number of hydrogen-bond acceptors (Lipinski definition) is 2. The molecule has 2 atom stereocenters. The molecule has 2 aliphatic heterocycles. The second-order valence-electron chi connectivity index (χ2n) is 5.08. The second-order valence-corrected chi connectivity index (χ2v) is 5.08. The number of nitrogens with one attached hydrogen (secondary N) is 1. The minimum absolute atomic E-state index is 0.0255. The van der Waals surface area contributed by atoms with Crippen LogP contribution < -0.4 is 5.32 Å². The van der Waals surface area contributed by atoms with Crippen LogP contribution in [0, 0.1) is 6.92 Å². The van der Waals surface area contributed by atoms with Crippen LogP contribution >= 0.6 is 0 Å². The number of hydrogen-bond donors (Lipinski definition) is 1. The standard InChI is InChI=1S/C14H19NO/c1-3-11-6-12(5-4-10(11)2)14-7-13(8-16-14)15-9-14/h4-6,13,15H,3,7-9H2,1-2H3. The fraction of sp³-hybridized carbons (Fsp3) is 0.571. The van der Waals surface area contributed by atoms with Gasteiger partial charge < -0.3 is 10.1 Å². The molecule has 86 valence electrons. The molecular formula is C14H19NO. The van der Waals surface area contributed by atoms with Crippen molar-refractivity contribution in [2.24, 2.45) is 0 Å². The zero-order valence-corrected chi connectivity index (χ0v) is 10.0. The minimum atomic E-state index is -0.0255. The monoisotopic (exact) mass is 217 g/mol. The van der Waals surface area contributed by atoms with Crippen molar-refractivity contribution in [3.05, 3.63) is 34.9 Å². The summed E-state index contributed by atoms with van der Waals surface area (Å²) >= 11 is 0. The summed E-state index contributed by atoms with van der Waals surface area (Å²) in [6.07, 6.45) is 2.24. The van der Waals surface area contributed by atoms with Gasteiger partial charge in [0.15, 0.2) is 0 Å². The average Bonchev–Trinajstić information content (AvgIpc) is 2.90. The molecule has 2 heteroatoms. The normalized spacial score (nSPS) is 32.2. The summed E-state index contributed by atoms with van der Waals surface area (Å²) in [6, 6.07) is 7.39. The molecule has 3 rings (SSSR count). The smallest absolute Gasteiger partial charge is 0.107 e. The highest BCUT2D eigenvalue weighted by Crippen LogP contribution is 2.40. The highest BCUT2D eigenvalue weighted by molar-refractivity contribution is 5.36. The quantitative estimate of drug-likeness (QED) is 0.819. The van der Waals surface area contributed by atoms with E-state index < -0.39 is 0 Å². The summed E-state index contributed by atoms with van der Waals surface area (Å²) in [5, 5.41) is 3.52. The molecule has 1 N–H and O–H groups in total. The predicted octanol–water partition coefficient (Wildman–Crippen LogP) is 2.14. The van der Waals surface area contributed by atoms with Gasteiger partial charge in [-0.25, -0.2) is 0 Å². The van der Waals surface area contributed by atoms with Crippen LogP contribution in [-0.4, -0.2) is 19.2 Å². The molecular weight excluding hydrogens is 198 g/mol. The molecule has 1 aromatic carbocycles. The van der Waals surface area contributed by atoms with Crippen LogP contribution in [-0.2, 0) is 16.8 Å². The van der Waals surface area contributed by atoms with E-state index in [9.17, 15) is 0 Å². The number of fused-ring (bicyclic) bond motifs is 2. The van der Waals surface area contributed by atoms with Gasteiger partial charge in [-0.05, 0) is 36.5 Å². The summed E-state index contributed by atoms with van der Waals surface area (Å²) in [7, 11) is 0. The van der Waals surface area contributed by atoms with E-state index in [1.165, 1.54) is 16.7 Å². The summed E-state index contributed by atoms with van der Waals surface area (Å²) in [5.41, 5.74) is 4.18. The van der Waals surface area contributed by atoms with Crippen LogP contribution in [0.3, 0.4) is 0 Å². The molecule has 0 amide bonds. The number of benzene rings is 1. The second kappa shape index (κ2) is 3.57. The van der Waals surface area contributed by atoms with Gasteiger partial charge in [0.05, 0.1) is 6.61 Å². The van der Waals surface area contributed by atoms with Gasteiger partial charge in [-0.15, -0.1) is 0 Å². The molecule has 0 aromatic heterocycles. The van der Waals surface area contributed by atoms with E-state index in [0.29, 0.717) is 6.04 Å². The Bertz CT molecular complexity index is 405. The van der Waals surface area contributed by atoms with E-state index in [4.69, 9.17) is 4.74 Å². The van der Waals surface area contributed by atoms with Gasteiger partial charge in [0.1, 0.15) is 5.60 Å². The number of aryl methyl sites for hydroxylation is 2. The van der Waals surface area contributed by atoms with Crippen molar-refractivity contribution in [2.45, 2.75) is 38.3 Å². The Balaban J connectivity index is 2.00. The van der Waals surface area contributed by atoms with E-state index in [2.05, 4.69) is 37.4 Å². The highest BCUT2D eigenvalue weighted by Gasteiger charge is 2.47. The largest absolute Gasteiger partial charge is 0.367 e. The van der Waals surface area contributed by atoms with Crippen molar-refractivity contribution in [2.75, 3.05) is 13.2 Å². The van der Waals surface area contributed by atoms with E-state index >= 15 is 0 Å². The molecule has 2 heterocycles. The van der Waals surface area contributed by atoms with E-state index in [-0.39, 0.29) is 5.60 Å². The average molecular weight is 217 g/mol. The van der Waals surface area contributed by atoms with E-state index in [1.807, 2.05) is 0 Å². The van der Waals surface area contributed by atoms with Crippen LogP contribution in [0.4, 0.5) is 0 Å². The van der Waals surface area contributed by atoms with E-state index in [1.54, 1.807) is 0 Å². The van der Waals surface area contributed by atoms with Gasteiger partial charge in [-0.1, -0.05) is 25.1 Å². The molecule has 1 aromatic rings. The van der Waals surface area contributed by atoms with Gasteiger partial charge in [-0.2, -0.15) is 0 Å². The first-order chi connectivity index (χ1) is 7.73. The molecule has 0 aliphatic carbocycles. The number of ether oxygens (including phenoxy) is 1. The molecule has 2 unspecified atom stereocenters. The number of rotatable bonds is 2. The Labute approximate surface area is 97.0 Å². The number of morpholine rings is 1. The summed E-state index contributed by atoms with van der Waals surface area (Å²) in [5.74, 6) is 0. The zero-order valence-electron chi connectivity index (χ0n) is 10.0. The molecule has 2 bridgehead atoms. The molecule has 2 aliphatic rings. The first-order valence-electron chi connectivity index (χ1n) is 6.21. The maximum Gasteiger partial charge on any atom is 0.107 e. The van der Waals surface area contributed by atoms with E-state index in [0.717, 1.165) is 26.0 Å². The maximum absolute atomic E-state index is 6.00. The predicted molar refractivity (Wildman–Crippen MR) is 64.6 cm³/mol. The Hall–Kier alpha value is -0.860. The van der Waals surface area contributed by atoms with Crippen molar-refractivity contribution in [1.29, 1.82) is 0 Å². The SMILES string of the molecule is CCc1cc(C23CNC(CO2)C3)ccc1C. The topological polar surface area (TPSA) is 21.3 Å². The summed E-state index contributed by atoms with van der Waals surface area (Å²) in [6.45, 7) is 6.25. The molecule has 16 heavy (non-hydrogen) atoms. The van der Waals surface area contributed by atoms with Gasteiger partial charge in [0.2, 0.25) is 0 Å². The van der Waals surface area contributed by atoms with Crippen molar-refractivity contribution in [1.82, 2.24) is 5.32 Å². The lowest BCUT2D eigenvalue weighted by molar-refractivity contribution is -0.00963. The third-order valence-corrected chi connectivity index (χ3v) is 4.07. The first-order valence-corrected chi connectivity index (χ1v) is 6.21. The molecule has 2 saturated heterocycles. The van der Waals surface area contributed by atoms with Crippen LogP contribution in [0.1, 0.15) is 30.0 Å². The zero-order chi connectivity index (χ0) is 11.2. The van der Waals surface area contributed by atoms with Crippen LogP contribution in [0.5, 0.6) is 0 Å². The Morgan fingerprint density at radius 1 is 1.50 bits per heavy atom. The van der Waals surface area contributed by atoms with Crippen molar-refractivity contribution >= 4 is 0 Å². The lowest BCUT2D eigenvalue weighted by Gasteiger charge is -2.28. The van der Waals surface area contributed by atoms with Crippen LogP contribution in [0.2, 0.25) is 0 Å². The van der Waals surface area contributed by atoms with Crippen LogP contribution in [0.25, 0.3) is 0 Å². The van der Waals surface area contributed by atoms with Crippen molar-refractivity contribution < 1.29 is 4.74 Å². The maximum atomic E-state index is 6.00. The van der Waals surface area contributed by atoms with Gasteiger partial charge in [-0.3, -0.25) is 0 Å². The third kappa shape index (κ3) is 1.40. The van der Waals surface area contributed by atoms with Crippen molar-refractivity contribution in [3.63, 3.8) is 0 Å². The minimum Gasteiger partial charge on any atom is -0.367 e. The highest BCUT2D eigenvalue weighted by atomic mass is 16.5. The molecule has 0 spiro atoms. The molecule has 0 saturated carbocycles. The van der Waals surface area contributed by atoms with Crippen molar-refractivity contribution in [3.8, 4) is 0 Å². The van der Waals surface area contributed by atoms with Gasteiger partial charge >= 0.3 is 0 Å². The third-order valence-electron chi connectivity index (χ3n) is 4.07. The first kappa shape index (κ1) is 10.3. The molecule has 2 nitrogen and oxygen atoms in total. The Morgan fingerprint density at radius 3 is 2.94 bits per heavy atom.